The molecule has 0 bridgehead atoms. The van der Waals surface area contributed by atoms with Gasteiger partial charge in [0.15, 0.2) is 5.11 Å². The second-order valence-corrected chi connectivity index (χ2v) is 6.77. The summed E-state index contributed by atoms with van der Waals surface area (Å²) in [5.74, 6) is 0.317. The van der Waals surface area contributed by atoms with Crippen LogP contribution in [0.4, 0.5) is 5.69 Å². The van der Waals surface area contributed by atoms with Gasteiger partial charge in [0.05, 0.1) is 0 Å². The number of fused-ring (bicyclic) bond motifs is 1. The summed E-state index contributed by atoms with van der Waals surface area (Å²) in [7, 11) is 0. The first-order valence-electron chi connectivity index (χ1n) is 8.78. The highest BCUT2D eigenvalue weighted by Crippen LogP contribution is 2.21. The van der Waals surface area contributed by atoms with E-state index >= 15 is 0 Å². The predicted molar refractivity (Wildman–Crippen MR) is 113 cm³/mol. The lowest BCUT2D eigenvalue weighted by Gasteiger charge is -2.13. The van der Waals surface area contributed by atoms with E-state index in [0.717, 1.165) is 22.9 Å². The number of rotatable bonds is 4. The van der Waals surface area contributed by atoms with E-state index < -0.39 is 0 Å². The molecule has 0 aromatic heterocycles. The van der Waals surface area contributed by atoms with E-state index in [4.69, 9.17) is 12.2 Å². The molecule has 0 aliphatic rings. The quantitative estimate of drug-likeness (QED) is 0.604. The van der Waals surface area contributed by atoms with Crippen LogP contribution in [0.25, 0.3) is 10.8 Å². The first-order chi connectivity index (χ1) is 12.6. The molecule has 0 fully saturated rings. The Morgan fingerprint density at radius 2 is 1.69 bits per heavy atom. The highest BCUT2D eigenvalue weighted by atomic mass is 32.1. The van der Waals surface area contributed by atoms with Gasteiger partial charge in [-0.05, 0) is 59.1 Å². The van der Waals surface area contributed by atoms with Crippen molar-refractivity contribution < 1.29 is 4.79 Å². The topological polar surface area (TPSA) is 41.1 Å². The van der Waals surface area contributed by atoms with Gasteiger partial charge in [0.25, 0.3) is 5.91 Å². The first kappa shape index (κ1) is 18.1. The van der Waals surface area contributed by atoms with Crippen LogP contribution < -0.4 is 10.6 Å². The van der Waals surface area contributed by atoms with Crippen molar-refractivity contribution in [2.24, 2.45) is 0 Å². The smallest absolute Gasteiger partial charge is 0.258 e. The lowest BCUT2D eigenvalue weighted by atomic mass is 9.99. The van der Waals surface area contributed by atoms with Gasteiger partial charge < -0.3 is 5.32 Å². The molecule has 4 heteroatoms. The largest absolute Gasteiger partial charge is 0.332 e. The van der Waals surface area contributed by atoms with Crippen LogP contribution in [0.5, 0.6) is 0 Å². The van der Waals surface area contributed by atoms with Crippen LogP contribution in [0.2, 0.25) is 0 Å². The number of carbonyl (C=O) groups is 1. The number of hydrogen-bond acceptors (Lipinski definition) is 2. The summed E-state index contributed by atoms with van der Waals surface area (Å²) in [6, 6.07) is 21.6. The fourth-order valence-electron chi connectivity index (χ4n) is 2.89. The normalized spacial score (nSPS) is 11.8. The van der Waals surface area contributed by atoms with Crippen LogP contribution in [0.15, 0.2) is 66.7 Å². The van der Waals surface area contributed by atoms with Crippen molar-refractivity contribution in [2.45, 2.75) is 26.2 Å². The molecule has 3 aromatic carbocycles. The number of anilines is 1. The average molecular weight is 362 g/mol. The molecule has 0 aliphatic heterocycles. The second kappa shape index (κ2) is 8.11. The molecule has 132 valence electrons. The van der Waals surface area contributed by atoms with Gasteiger partial charge in [0.1, 0.15) is 0 Å². The van der Waals surface area contributed by atoms with Crippen molar-refractivity contribution in [2.75, 3.05) is 5.32 Å². The van der Waals surface area contributed by atoms with E-state index in [1.165, 1.54) is 5.56 Å². The Labute approximate surface area is 159 Å². The van der Waals surface area contributed by atoms with Gasteiger partial charge in [0, 0.05) is 11.3 Å². The molecule has 1 atom stereocenters. The van der Waals surface area contributed by atoms with Crippen molar-refractivity contribution in [1.82, 2.24) is 5.32 Å². The number of thiocarbonyl (C=S) groups is 1. The molecule has 1 amide bonds. The van der Waals surface area contributed by atoms with E-state index in [2.05, 4.69) is 36.6 Å². The van der Waals surface area contributed by atoms with Crippen LogP contribution in [0.1, 0.15) is 42.1 Å². The van der Waals surface area contributed by atoms with Gasteiger partial charge in [-0.25, -0.2) is 0 Å². The Kier molecular flexibility index (Phi) is 5.64. The zero-order valence-corrected chi connectivity index (χ0v) is 15.8. The summed E-state index contributed by atoms with van der Waals surface area (Å²) in [4.78, 5) is 12.6. The van der Waals surface area contributed by atoms with Gasteiger partial charge in [-0.3, -0.25) is 10.1 Å². The van der Waals surface area contributed by atoms with Crippen molar-refractivity contribution in [3.63, 3.8) is 0 Å². The monoisotopic (exact) mass is 362 g/mol. The second-order valence-electron chi connectivity index (χ2n) is 6.37. The Morgan fingerprint density at radius 3 is 2.42 bits per heavy atom. The molecule has 3 nitrogen and oxygen atoms in total. The number of benzene rings is 3. The van der Waals surface area contributed by atoms with Crippen LogP contribution in [0.3, 0.4) is 0 Å². The summed E-state index contributed by atoms with van der Waals surface area (Å²) in [5.41, 5.74) is 2.77. The summed E-state index contributed by atoms with van der Waals surface area (Å²) in [6.07, 6.45) is 1.10. The predicted octanol–water partition coefficient (Wildman–Crippen LogP) is 5.48. The van der Waals surface area contributed by atoms with E-state index in [-0.39, 0.29) is 5.91 Å². The molecule has 0 aliphatic carbocycles. The summed E-state index contributed by atoms with van der Waals surface area (Å²) >= 11 is 5.30. The van der Waals surface area contributed by atoms with E-state index in [1.807, 2.05) is 48.5 Å². The lowest BCUT2D eigenvalue weighted by molar-refractivity contribution is 0.0979. The molecule has 0 radical (unpaired) electrons. The Balaban J connectivity index is 1.68. The molecule has 0 heterocycles. The summed E-state index contributed by atoms with van der Waals surface area (Å²) < 4.78 is 0. The maximum Gasteiger partial charge on any atom is 0.258 e. The molecule has 3 aromatic rings. The molecule has 26 heavy (non-hydrogen) atoms. The Bertz CT molecular complexity index is 929. The number of nitrogens with one attached hydrogen (secondary N) is 2. The van der Waals surface area contributed by atoms with Crippen LogP contribution >= 0.6 is 12.2 Å². The fraction of sp³-hybridized carbons (Fsp3) is 0.182. The van der Waals surface area contributed by atoms with Crippen molar-refractivity contribution in [1.29, 1.82) is 0 Å². The first-order valence-corrected chi connectivity index (χ1v) is 9.19. The Morgan fingerprint density at radius 1 is 1.00 bits per heavy atom. The van der Waals surface area contributed by atoms with Crippen molar-refractivity contribution in [3.05, 3.63) is 77.9 Å². The third-order valence-electron chi connectivity index (χ3n) is 4.61. The van der Waals surface area contributed by atoms with Crippen LogP contribution in [-0.2, 0) is 0 Å². The maximum atomic E-state index is 12.6. The molecule has 3 rings (SSSR count). The van der Waals surface area contributed by atoms with Crippen molar-refractivity contribution in [3.8, 4) is 0 Å². The molecule has 2 N–H and O–H groups in total. The molecule has 1 unspecified atom stereocenters. The SMILES string of the molecule is CCC(C)c1ccc(NC(=S)NC(=O)c2cccc3ccccc23)cc1. The minimum Gasteiger partial charge on any atom is -0.332 e. The van der Waals surface area contributed by atoms with Gasteiger partial charge in [-0.2, -0.15) is 0 Å². The molecule has 0 saturated heterocycles. The number of hydrogen-bond donors (Lipinski definition) is 2. The van der Waals surface area contributed by atoms with Crippen LogP contribution in [-0.4, -0.2) is 11.0 Å². The third-order valence-corrected chi connectivity index (χ3v) is 4.82. The number of carbonyl (C=O) groups excluding carboxylic acids is 1. The highest BCUT2D eigenvalue weighted by molar-refractivity contribution is 7.80. The van der Waals surface area contributed by atoms with Gasteiger partial charge >= 0.3 is 0 Å². The fourth-order valence-corrected chi connectivity index (χ4v) is 3.10. The van der Waals surface area contributed by atoms with Crippen molar-refractivity contribution >= 4 is 39.7 Å². The van der Waals surface area contributed by atoms with E-state index in [9.17, 15) is 4.79 Å². The minimum absolute atomic E-state index is 0.212. The Hall–Kier alpha value is -2.72. The highest BCUT2D eigenvalue weighted by Gasteiger charge is 2.11. The van der Waals surface area contributed by atoms with Gasteiger partial charge in [0.2, 0.25) is 0 Å². The number of amides is 1. The molecule has 0 saturated carbocycles. The standard InChI is InChI=1S/C22H22N2OS/c1-3-15(2)16-11-13-18(14-12-16)23-22(26)24-21(25)20-10-6-8-17-7-4-5-9-19(17)20/h4-15H,3H2,1-2H3,(H2,23,24,25,26). The minimum atomic E-state index is -0.212. The zero-order valence-electron chi connectivity index (χ0n) is 15.0. The lowest BCUT2D eigenvalue weighted by Crippen LogP contribution is -2.34. The van der Waals surface area contributed by atoms with E-state index in [1.54, 1.807) is 6.07 Å². The van der Waals surface area contributed by atoms with Gasteiger partial charge in [-0.15, -0.1) is 0 Å². The molecule has 0 spiro atoms. The summed E-state index contributed by atoms with van der Waals surface area (Å²) in [6.45, 7) is 4.38. The molecular weight excluding hydrogens is 340 g/mol. The van der Waals surface area contributed by atoms with Crippen LogP contribution in [0, 0.1) is 0 Å². The maximum absolute atomic E-state index is 12.6. The average Bonchev–Trinajstić information content (AvgIpc) is 2.67. The van der Waals surface area contributed by atoms with E-state index in [0.29, 0.717) is 16.6 Å². The summed E-state index contributed by atoms with van der Waals surface area (Å²) in [5, 5.41) is 8.07. The van der Waals surface area contributed by atoms with Gasteiger partial charge in [-0.1, -0.05) is 62.4 Å². The zero-order chi connectivity index (χ0) is 18.5. The third kappa shape index (κ3) is 4.09. The molecular formula is C22H22N2OS.